The summed E-state index contributed by atoms with van der Waals surface area (Å²) in [4.78, 5) is -4.75. The van der Waals surface area contributed by atoms with Gasteiger partial charge in [0, 0.05) is 16.2 Å². The maximum absolute atomic E-state index is 12.1. The van der Waals surface area contributed by atoms with Crippen molar-refractivity contribution in [3.05, 3.63) is 36.4 Å². The van der Waals surface area contributed by atoms with Gasteiger partial charge in [-0.05, 0) is 22.2 Å². The van der Waals surface area contributed by atoms with E-state index in [0.29, 0.717) is 10.8 Å². The molecule has 4 N–H and O–H groups in total. The van der Waals surface area contributed by atoms with Crippen LogP contribution in [0.2, 0.25) is 0 Å². The molecule has 4 rings (SSSR count). The molecule has 0 bridgehead atoms. The number of phenolic OH excluding ortho intramolecular Hbond substituents is 1. The van der Waals surface area contributed by atoms with E-state index < -0.39 is 61.6 Å². The number of benzene rings is 4. The van der Waals surface area contributed by atoms with Crippen molar-refractivity contribution in [3.8, 4) is 5.75 Å². The Bertz CT molecular complexity index is 1670. The van der Waals surface area contributed by atoms with E-state index in [2.05, 4.69) is 0 Å². The second-order valence-corrected chi connectivity index (χ2v) is 10.3. The fourth-order valence-corrected chi connectivity index (χ4v) is 7.22. The van der Waals surface area contributed by atoms with Gasteiger partial charge < -0.3 is 5.11 Å². The molecule has 0 amide bonds. The Hall–Kier alpha value is -1.55. The molecule has 0 saturated heterocycles. The summed E-state index contributed by atoms with van der Waals surface area (Å²) in [5.41, 5.74) is 0. The first-order valence-corrected chi connectivity index (χ1v) is 11.9. The number of hydrogen-bond donors (Lipinski definition) is 4. The van der Waals surface area contributed by atoms with Crippen LogP contribution in [0.25, 0.3) is 32.3 Å². The zero-order valence-corrected chi connectivity index (χ0v) is 16.4. The average molecular weight is 482 g/mol. The summed E-state index contributed by atoms with van der Waals surface area (Å²) >= 11 is 0. The Morgan fingerprint density at radius 3 is 1.67 bits per heavy atom. The van der Waals surface area contributed by atoms with Gasteiger partial charge >= 0.3 is 29.6 Å². The molecule has 0 aromatic heterocycles. The van der Waals surface area contributed by atoms with Crippen molar-refractivity contribution in [2.24, 2.45) is 0 Å². The van der Waals surface area contributed by atoms with Gasteiger partial charge in [-0.1, -0.05) is 30.3 Å². The third-order valence-electron chi connectivity index (χ3n) is 4.53. The topological polar surface area (TPSA) is 183 Å². The molecule has 4 aromatic carbocycles. The van der Waals surface area contributed by atoms with Crippen molar-refractivity contribution in [2.45, 2.75) is 14.7 Å². The van der Waals surface area contributed by atoms with Crippen molar-refractivity contribution >= 4 is 92.2 Å². The van der Waals surface area contributed by atoms with Crippen molar-refractivity contribution in [3.63, 3.8) is 0 Å². The molecular weight excluding hydrogens is 471 g/mol. The molecule has 0 heterocycles. The van der Waals surface area contributed by atoms with Gasteiger partial charge in [-0.25, -0.2) is 0 Å². The molecule has 0 aliphatic rings. The van der Waals surface area contributed by atoms with Crippen LogP contribution < -0.4 is 0 Å². The van der Waals surface area contributed by atoms with Crippen molar-refractivity contribution in [1.29, 1.82) is 0 Å². The van der Waals surface area contributed by atoms with Crippen LogP contribution in [0.4, 0.5) is 0 Å². The van der Waals surface area contributed by atoms with Crippen molar-refractivity contribution < 1.29 is 44.0 Å². The Morgan fingerprint density at radius 2 is 1.13 bits per heavy atom. The third kappa shape index (κ3) is 3.36. The van der Waals surface area contributed by atoms with Gasteiger partial charge in [-0.3, -0.25) is 13.7 Å². The van der Waals surface area contributed by atoms with E-state index in [4.69, 9.17) is 0 Å². The summed E-state index contributed by atoms with van der Waals surface area (Å²) in [6, 6.07) is 8.30. The molecule has 0 aliphatic carbocycles. The summed E-state index contributed by atoms with van der Waals surface area (Å²) < 4.78 is 101. The Morgan fingerprint density at radius 1 is 0.600 bits per heavy atom. The van der Waals surface area contributed by atoms with Crippen LogP contribution in [-0.4, -0.2) is 73.6 Å². The third-order valence-corrected chi connectivity index (χ3v) is 7.58. The monoisotopic (exact) mass is 482 g/mol. The van der Waals surface area contributed by atoms with E-state index in [-0.39, 0.29) is 40.3 Å². The zero-order valence-electron chi connectivity index (χ0n) is 13.9. The van der Waals surface area contributed by atoms with Crippen LogP contribution in [0.3, 0.4) is 0 Å². The van der Waals surface area contributed by atoms with Crippen molar-refractivity contribution in [1.82, 2.24) is 0 Å². The predicted molar refractivity (Wildman–Crippen MR) is 108 cm³/mol. The first-order chi connectivity index (χ1) is 13.2. The van der Waals surface area contributed by atoms with Gasteiger partial charge in [-0.15, -0.1) is 0 Å². The van der Waals surface area contributed by atoms with E-state index in [1.54, 1.807) is 12.1 Å². The van der Waals surface area contributed by atoms with Gasteiger partial charge in [-0.2, -0.15) is 25.3 Å². The van der Waals surface area contributed by atoms with Crippen LogP contribution >= 0.6 is 0 Å². The quantitative estimate of drug-likeness (QED) is 0.189. The van der Waals surface area contributed by atoms with E-state index in [1.807, 2.05) is 0 Å². The van der Waals surface area contributed by atoms with Gasteiger partial charge in [0.05, 0.1) is 0 Å². The second kappa shape index (κ2) is 6.98. The van der Waals surface area contributed by atoms with E-state index >= 15 is 0 Å². The standard InChI is InChI=1S/C16H10O10S3.Na.H/c17-10-6-8-3-1-2-7-4-5-9-12(11(7)8)13(10)15(28(21,22)23)16(29(24,25)26)14(9)27(18,19)20;;/h1-6,17H,(H,18,19,20)(H,21,22,23)(H,24,25,26);;. The minimum absolute atomic E-state index is 0. The van der Waals surface area contributed by atoms with Gasteiger partial charge in [0.15, 0.2) is 0 Å². The molecule has 4 aromatic rings. The van der Waals surface area contributed by atoms with Gasteiger partial charge in [0.25, 0.3) is 30.4 Å². The normalized spacial score (nSPS) is 13.2. The average Bonchev–Trinajstić information content (AvgIpc) is 2.56. The number of aromatic hydroxyl groups is 1. The van der Waals surface area contributed by atoms with Gasteiger partial charge in [0.2, 0.25) is 0 Å². The van der Waals surface area contributed by atoms with Crippen LogP contribution in [0.1, 0.15) is 0 Å². The summed E-state index contributed by atoms with van der Waals surface area (Å²) in [6.45, 7) is 0. The minimum atomic E-state index is -5.63. The number of rotatable bonds is 3. The SMILES string of the molecule is O=S(=O)(O)c1c(S(=O)(=O)O)c2ccc3cccc4cc(O)c(c1S(=O)(=O)O)c2c34.[NaH]. The molecule has 10 nitrogen and oxygen atoms in total. The Balaban J connectivity index is 0.00000256. The molecule has 30 heavy (non-hydrogen) atoms. The predicted octanol–water partition coefficient (Wildman–Crippen LogP) is 1.38. The van der Waals surface area contributed by atoms with Crippen LogP contribution in [0.5, 0.6) is 5.75 Å². The Kier molecular flexibility index (Phi) is 5.38. The maximum atomic E-state index is 12.1. The molecule has 0 saturated carbocycles. The zero-order chi connectivity index (χ0) is 21.5. The van der Waals surface area contributed by atoms with Crippen molar-refractivity contribution in [2.75, 3.05) is 0 Å². The molecule has 0 spiro atoms. The number of phenols is 1. The van der Waals surface area contributed by atoms with E-state index in [1.165, 1.54) is 12.1 Å². The fourth-order valence-electron chi connectivity index (χ4n) is 3.63. The number of hydrogen-bond acceptors (Lipinski definition) is 7. The summed E-state index contributed by atoms with van der Waals surface area (Å²) in [7, 11) is -16.6. The first-order valence-electron chi connectivity index (χ1n) is 7.62. The first kappa shape index (κ1) is 23.1. The summed E-state index contributed by atoms with van der Waals surface area (Å²) in [6.07, 6.45) is 0. The van der Waals surface area contributed by atoms with Crippen LogP contribution in [0, 0.1) is 0 Å². The Labute approximate surface area is 192 Å². The summed E-state index contributed by atoms with van der Waals surface area (Å²) in [5.74, 6) is -0.791. The molecule has 0 aliphatic heterocycles. The second-order valence-electron chi connectivity index (χ2n) is 6.25. The molecule has 0 fully saturated rings. The molecule has 14 heteroatoms. The molecule has 0 unspecified atom stereocenters. The van der Waals surface area contributed by atoms with Gasteiger partial charge in [0.1, 0.15) is 20.4 Å². The summed E-state index contributed by atoms with van der Waals surface area (Å²) in [5, 5.41) is 10.1. The molecule has 0 radical (unpaired) electrons. The van der Waals surface area contributed by atoms with E-state index in [9.17, 15) is 44.0 Å². The van der Waals surface area contributed by atoms with Crippen LogP contribution in [0.15, 0.2) is 51.1 Å². The van der Waals surface area contributed by atoms with Crippen LogP contribution in [-0.2, 0) is 30.4 Å². The van der Waals surface area contributed by atoms with E-state index in [0.717, 1.165) is 12.1 Å². The molecular formula is C16H11NaO10S3. The molecule has 154 valence electrons. The molecule has 0 atom stereocenters. The fraction of sp³-hybridized carbons (Fsp3) is 0.